The van der Waals surface area contributed by atoms with Crippen LogP contribution in [0.3, 0.4) is 0 Å². The third kappa shape index (κ3) is 4.23. The first-order chi connectivity index (χ1) is 9.19. The molecule has 0 aliphatic carbocycles. The minimum atomic E-state index is 0.637. The molecular formula is C15H15BrClNO. The average Bonchev–Trinajstić information content (AvgIpc) is 2.41. The van der Waals surface area contributed by atoms with E-state index in [1.54, 1.807) is 7.11 Å². The van der Waals surface area contributed by atoms with Crippen LogP contribution >= 0.6 is 27.5 Å². The molecule has 0 amide bonds. The van der Waals surface area contributed by atoms with E-state index >= 15 is 0 Å². The van der Waals surface area contributed by atoms with Gasteiger partial charge in [0.05, 0.1) is 11.6 Å². The summed E-state index contributed by atoms with van der Waals surface area (Å²) in [7, 11) is 1.70. The molecule has 2 aromatic rings. The standard InChI is InChI=1S/C15H15BrClNO/c1-19-10-12-4-2-3-11(7-12)9-18-13-5-6-14(16)15(17)8-13/h2-8,18H,9-10H2,1H3. The first kappa shape index (κ1) is 14.4. The minimum absolute atomic E-state index is 0.637. The molecule has 100 valence electrons. The quantitative estimate of drug-likeness (QED) is 0.839. The number of halogens is 2. The van der Waals surface area contributed by atoms with Gasteiger partial charge >= 0.3 is 0 Å². The van der Waals surface area contributed by atoms with E-state index in [2.05, 4.69) is 39.4 Å². The summed E-state index contributed by atoms with van der Waals surface area (Å²) in [5.41, 5.74) is 3.40. The van der Waals surface area contributed by atoms with E-state index in [1.807, 2.05) is 24.3 Å². The highest BCUT2D eigenvalue weighted by molar-refractivity contribution is 9.10. The number of nitrogens with one attached hydrogen (secondary N) is 1. The van der Waals surface area contributed by atoms with Crippen molar-refractivity contribution in [2.24, 2.45) is 0 Å². The molecule has 0 aliphatic heterocycles. The molecule has 0 saturated carbocycles. The molecule has 0 saturated heterocycles. The monoisotopic (exact) mass is 339 g/mol. The molecule has 2 aromatic carbocycles. The van der Waals surface area contributed by atoms with Gasteiger partial charge in [0.25, 0.3) is 0 Å². The molecule has 0 aliphatic rings. The van der Waals surface area contributed by atoms with Crippen LogP contribution in [0.1, 0.15) is 11.1 Å². The zero-order valence-electron chi connectivity index (χ0n) is 10.6. The zero-order valence-corrected chi connectivity index (χ0v) is 13.0. The number of ether oxygens (including phenoxy) is 1. The van der Waals surface area contributed by atoms with Crippen molar-refractivity contribution in [3.05, 3.63) is 63.1 Å². The van der Waals surface area contributed by atoms with Crippen molar-refractivity contribution in [3.63, 3.8) is 0 Å². The number of anilines is 1. The Kier molecular flexibility index (Phi) is 5.25. The van der Waals surface area contributed by atoms with E-state index < -0.39 is 0 Å². The van der Waals surface area contributed by atoms with Gasteiger partial charge in [0.1, 0.15) is 0 Å². The van der Waals surface area contributed by atoms with Crippen LogP contribution in [0, 0.1) is 0 Å². The van der Waals surface area contributed by atoms with Crippen molar-refractivity contribution in [1.29, 1.82) is 0 Å². The molecule has 4 heteroatoms. The van der Waals surface area contributed by atoms with Crippen LogP contribution in [0.25, 0.3) is 0 Å². The van der Waals surface area contributed by atoms with Gasteiger partial charge in [-0.1, -0.05) is 35.9 Å². The molecule has 1 N–H and O–H groups in total. The number of methoxy groups -OCH3 is 1. The second-order valence-corrected chi connectivity index (χ2v) is 5.50. The van der Waals surface area contributed by atoms with Crippen molar-refractivity contribution in [3.8, 4) is 0 Å². The maximum Gasteiger partial charge on any atom is 0.0713 e. The summed E-state index contributed by atoms with van der Waals surface area (Å²) in [5, 5.41) is 4.06. The van der Waals surface area contributed by atoms with Gasteiger partial charge in [-0.2, -0.15) is 0 Å². The zero-order chi connectivity index (χ0) is 13.7. The highest BCUT2D eigenvalue weighted by atomic mass is 79.9. The van der Waals surface area contributed by atoms with Crippen LogP contribution < -0.4 is 5.32 Å². The lowest BCUT2D eigenvalue weighted by Crippen LogP contribution is -2.00. The van der Waals surface area contributed by atoms with Gasteiger partial charge in [0.2, 0.25) is 0 Å². The van der Waals surface area contributed by atoms with Gasteiger partial charge in [-0.3, -0.25) is 0 Å². The van der Waals surface area contributed by atoms with Gasteiger partial charge in [0.15, 0.2) is 0 Å². The Hall–Kier alpha value is -1.03. The fourth-order valence-electron chi connectivity index (χ4n) is 1.81. The van der Waals surface area contributed by atoms with Crippen LogP contribution in [0.15, 0.2) is 46.9 Å². The Morgan fingerprint density at radius 2 is 1.95 bits per heavy atom. The lowest BCUT2D eigenvalue weighted by molar-refractivity contribution is 0.185. The van der Waals surface area contributed by atoms with Crippen LogP contribution in [0.4, 0.5) is 5.69 Å². The van der Waals surface area contributed by atoms with Crippen molar-refractivity contribution in [2.45, 2.75) is 13.2 Å². The summed E-state index contributed by atoms with van der Waals surface area (Å²) in [6, 6.07) is 14.2. The van der Waals surface area contributed by atoms with Crippen molar-refractivity contribution >= 4 is 33.2 Å². The molecule has 2 nitrogen and oxygen atoms in total. The topological polar surface area (TPSA) is 21.3 Å². The number of rotatable bonds is 5. The van der Waals surface area contributed by atoms with Crippen LogP contribution in [0.5, 0.6) is 0 Å². The van der Waals surface area contributed by atoms with E-state index in [0.717, 1.165) is 16.7 Å². The molecular weight excluding hydrogens is 326 g/mol. The van der Waals surface area contributed by atoms with Gasteiger partial charge in [-0.05, 0) is 45.3 Å². The highest BCUT2D eigenvalue weighted by Crippen LogP contribution is 2.25. The highest BCUT2D eigenvalue weighted by Gasteiger charge is 2.00. The van der Waals surface area contributed by atoms with E-state index in [9.17, 15) is 0 Å². The number of benzene rings is 2. The molecule has 0 radical (unpaired) electrons. The first-order valence-electron chi connectivity index (χ1n) is 5.94. The Bertz CT molecular complexity index is 560. The van der Waals surface area contributed by atoms with Crippen LogP contribution in [0.2, 0.25) is 5.02 Å². The minimum Gasteiger partial charge on any atom is -0.381 e. The summed E-state index contributed by atoms with van der Waals surface area (Å²) in [4.78, 5) is 0. The molecule has 0 aromatic heterocycles. The van der Waals surface area contributed by atoms with Gasteiger partial charge in [0, 0.05) is 23.8 Å². The van der Waals surface area contributed by atoms with Gasteiger partial charge in [-0.25, -0.2) is 0 Å². The molecule has 0 spiro atoms. The second kappa shape index (κ2) is 6.94. The van der Waals surface area contributed by atoms with E-state index in [0.29, 0.717) is 11.6 Å². The van der Waals surface area contributed by atoms with Gasteiger partial charge < -0.3 is 10.1 Å². The number of hydrogen-bond acceptors (Lipinski definition) is 2. The fourth-order valence-corrected chi connectivity index (χ4v) is 2.23. The maximum atomic E-state index is 6.06. The summed E-state index contributed by atoms with van der Waals surface area (Å²) in [6.45, 7) is 1.40. The Morgan fingerprint density at radius 1 is 1.16 bits per heavy atom. The molecule has 0 fully saturated rings. The maximum absolute atomic E-state index is 6.06. The van der Waals surface area contributed by atoms with Crippen molar-refractivity contribution in [2.75, 3.05) is 12.4 Å². The van der Waals surface area contributed by atoms with Crippen molar-refractivity contribution < 1.29 is 4.74 Å². The smallest absolute Gasteiger partial charge is 0.0713 e. The molecule has 2 rings (SSSR count). The Morgan fingerprint density at radius 3 is 2.68 bits per heavy atom. The van der Waals surface area contributed by atoms with Crippen molar-refractivity contribution in [1.82, 2.24) is 0 Å². The van der Waals surface area contributed by atoms with Crippen LogP contribution in [-0.4, -0.2) is 7.11 Å². The van der Waals surface area contributed by atoms with E-state index in [-0.39, 0.29) is 0 Å². The summed E-state index contributed by atoms with van der Waals surface area (Å²) in [5.74, 6) is 0. The van der Waals surface area contributed by atoms with Gasteiger partial charge in [-0.15, -0.1) is 0 Å². The van der Waals surface area contributed by atoms with Crippen LogP contribution in [-0.2, 0) is 17.9 Å². The molecule has 0 unspecified atom stereocenters. The SMILES string of the molecule is COCc1cccc(CNc2ccc(Br)c(Cl)c2)c1. The largest absolute Gasteiger partial charge is 0.381 e. The average molecular weight is 341 g/mol. The third-order valence-corrected chi connectivity index (χ3v) is 3.95. The Labute approximate surface area is 126 Å². The summed E-state index contributed by atoms with van der Waals surface area (Å²) >= 11 is 9.44. The van der Waals surface area contributed by atoms with E-state index in [1.165, 1.54) is 11.1 Å². The fraction of sp³-hybridized carbons (Fsp3) is 0.200. The summed E-state index contributed by atoms with van der Waals surface area (Å²) in [6.07, 6.45) is 0. The molecule has 0 heterocycles. The first-order valence-corrected chi connectivity index (χ1v) is 7.12. The third-order valence-electron chi connectivity index (χ3n) is 2.72. The summed E-state index contributed by atoms with van der Waals surface area (Å²) < 4.78 is 6.04. The lowest BCUT2D eigenvalue weighted by atomic mass is 10.1. The predicted molar refractivity (Wildman–Crippen MR) is 83.6 cm³/mol. The van der Waals surface area contributed by atoms with E-state index in [4.69, 9.17) is 16.3 Å². The molecule has 0 bridgehead atoms. The molecule has 19 heavy (non-hydrogen) atoms. The second-order valence-electron chi connectivity index (χ2n) is 4.24. The normalized spacial score (nSPS) is 10.5. The predicted octanol–water partition coefficient (Wildman–Crippen LogP) is 4.86. The Balaban J connectivity index is 2.01. The molecule has 0 atom stereocenters. The number of hydrogen-bond donors (Lipinski definition) is 1. The lowest BCUT2D eigenvalue weighted by Gasteiger charge is -2.09.